The summed E-state index contributed by atoms with van der Waals surface area (Å²) in [7, 11) is 6.00. The number of likely N-dealkylation sites (N-methyl/N-ethyl adjacent to an activating group) is 1. The highest BCUT2D eigenvalue weighted by atomic mass is 16.7. The zero-order valence-corrected chi connectivity index (χ0v) is 62.4. The fourth-order valence-corrected chi connectivity index (χ4v) is 12.2. The Balaban J connectivity index is 3.94. The number of carbonyl (C=O) groups is 3. The highest BCUT2D eigenvalue weighted by Gasteiger charge is 2.25. The van der Waals surface area contributed by atoms with Crippen molar-refractivity contribution in [3.05, 3.63) is 60.8 Å². The van der Waals surface area contributed by atoms with Crippen LogP contribution in [0.15, 0.2) is 60.8 Å². The van der Waals surface area contributed by atoms with E-state index in [4.69, 9.17) is 18.9 Å². The molecule has 9 heteroatoms. The van der Waals surface area contributed by atoms with Crippen LogP contribution in [0.4, 0.5) is 0 Å². The van der Waals surface area contributed by atoms with Crippen molar-refractivity contribution in [2.45, 2.75) is 411 Å². The van der Waals surface area contributed by atoms with Gasteiger partial charge in [0, 0.05) is 12.8 Å². The van der Waals surface area contributed by atoms with Crippen LogP contribution in [-0.2, 0) is 33.3 Å². The highest BCUT2D eigenvalue weighted by molar-refractivity contribution is 5.71. The summed E-state index contributed by atoms with van der Waals surface area (Å²) in [5.41, 5.74) is 0. The molecular weight excluding hydrogens is 1150 g/mol. The number of aliphatic carboxylic acids is 1. The Morgan fingerprint density at radius 1 is 0.333 bits per heavy atom. The molecule has 0 aromatic heterocycles. The van der Waals surface area contributed by atoms with Gasteiger partial charge < -0.3 is 28.5 Å². The Labute approximate surface area is 577 Å². The maximum Gasteiger partial charge on any atom is 0.361 e. The number of ether oxygens (including phenoxy) is 4. The Bertz CT molecular complexity index is 1710. The monoisotopic (exact) mass is 1310 g/mol. The molecule has 0 spiro atoms. The number of quaternary nitrogens is 1. The van der Waals surface area contributed by atoms with E-state index in [1.165, 1.54) is 302 Å². The Kier molecular flexibility index (Phi) is 72.4. The third kappa shape index (κ3) is 76.2. The molecule has 93 heavy (non-hydrogen) atoms. The van der Waals surface area contributed by atoms with Gasteiger partial charge in [-0.25, -0.2) is 4.79 Å². The van der Waals surface area contributed by atoms with Crippen molar-refractivity contribution < 1.29 is 42.9 Å². The summed E-state index contributed by atoms with van der Waals surface area (Å²) in [6.45, 7) is 4.84. The number of hydrogen-bond donors (Lipinski definition) is 1. The van der Waals surface area contributed by atoms with Crippen LogP contribution < -0.4 is 0 Å². The van der Waals surface area contributed by atoms with Gasteiger partial charge in [-0.3, -0.25) is 9.59 Å². The van der Waals surface area contributed by atoms with Crippen LogP contribution in [0.25, 0.3) is 0 Å². The normalized spacial score (nSPS) is 12.9. The smallest absolute Gasteiger partial charge is 0.361 e. The van der Waals surface area contributed by atoms with Crippen molar-refractivity contribution in [3.63, 3.8) is 0 Å². The van der Waals surface area contributed by atoms with Crippen LogP contribution in [0.1, 0.15) is 399 Å². The molecule has 1 N–H and O–H groups in total. The van der Waals surface area contributed by atoms with Crippen LogP contribution >= 0.6 is 0 Å². The van der Waals surface area contributed by atoms with E-state index in [0.29, 0.717) is 17.4 Å². The summed E-state index contributed by atoms with van der Waals surface area (Å²) in [5, 5.41) is 9.77. The lowest BCUT2D eigenvalue weighted by Gasteiger charge is -2.25. The van der Waals surface area contributed by atoms with E-state index in [1.54, 1.807) is 0 Å². The average Bonchev–Trinajstić information content (AvgIpc) is 3.38. The molecule has 0 aromatic carbocycles. The van der Waals surface area contributed by atoms with Crippen molar-refractivity contribution in [2.24, 2.45) is 0 Å². The summed E-state index contributed by atoms with van der Waals surface area (Å²) in [6, 6.07) is 0. The van der Waals surface area contributed by atoms with E-state index in [2.05, 4.69) is 74.6 Å². The second-order valence-electron chi connectivity index (χ2n) is 28.7. The molecule has 0 aliphatic carbocycles. The fourth-order valence-electron chi connectivity index (χ4n) is 12.2. The molecule has 0 heterocycles. The maximum absolute atomic E-state index is 13.0. The van der Waals surface area contributed by atoms with E-state index in [-0.39, 0.29) is 38.2 Å². The van der Waals surface area contributed by atoms with E-state index < -0.39 is 18.4 Å². The number of carbonyl (C=O) groups excluding carboxylic acids is 2. The quantitative estimate of drug-likeness (QED) is 0.0211. The second-order valence-corrected chi connectivity index (χ2v) is 28.7. The van der Waals surface area contributed by atoms with Gasteiger partial charge in [0.2, 0.25) is 0 Å². The molecule has 9 nitrogen and oxygen atoms in total. The van der Waals surface area contributed by atoms with Crippen molar-refractivity contribution in [3.8, 4) is 0 Å². The molecule has 0 rings (SSSR count). The highest BCUT2D eigenvalue weighted by Crippen LogP contribution is 2.20. The number of esters is 2. The number of nitrogens with zero attached hydrogens (tertiary/aromatic N) is 1. The van der Waals surface area contributed by atoms with Gasteiger partial charge in [0.1, 0.15) is 13.2 Å². The van der Waals surface area contributed by atoms with Gasteiger partial charge in [-0.2, -0.15) is 0 Å². The minimum absolute atomic E-state index is 0.175. The Morgan fingerprint density at radius 3 is 0.914 bits per heavy atom. The second kappa shape index (κ2) is 74.8. The van der Waals surface area contributed by atoms with E-state index >= 15 is 0 Å². The van der Waals surface area contributed by atoms with Crippen LogP contribution in [0.2, 0.25) is 0 Å². The first-order valence-electron chi connectivity index (χ1n) is 40.5. The minimum Gasteiger partial charge on any atom is -0.477 e. The first kappa shape index (κ1) is 90.0. The Morgan fingerprint density at radius 2 is 0.613 bits per heavy atom. The standard InChI is InChI=1S/C84H155NO8/c1-6-8-10-12-14-16-18-20-22-24-26-28-30-32-34-35-36-37-38-39-40-41-42-43-44-45-46-47-49-51-53-55-57-59-61-63-65-67-69-71-73-75-82(87)93-80(79-92-84(83(88)89)90-77-76-85(3,4)5)78-91-81(86)74-72-70-68-66-64-62-60-58-56-54-52-50-48-33-31-29-27-25-23-21-19-17-15-13-11-9-7-2/h8,10,14,16,20,22,26,28,32,34,80,84H,6-7,9,11-13,15,17-19,21,23-25,27,29-31,33,35-79H2,1-5H3/p+1/b10-8-,16-14-,22-20-,28-26-,34-32-. The first-order chi connectivity index (χ1) is 45.6. The van der Waals surface area contributed by atoms with E-state index in [0.717, 1.165) is 70.6 Å². The number of carboxylic acid groups (broad SMARTS) is 1. The molecule has 2 unspecified atom stereocenters. The lowest BCUT2D eigenvalue weighted by atomic mass is 10.0. The van der Waals surface area contributed by atoms with Gasteiger partial charge in [-0.15, -0.1) is 0 Å². The molecule has 0 saturated carbocycles. The largest absolute Gasteiger partial charge is 0.477 e. The lowest BCUT2D eigenvalue weighted by Crippen LogP contribution is -2.40. The van der Waals surface area contributed by atoms with Gasteiger partial charge in [-0.1, -0.05) is 389 Å². The zero-order valence-electron chi connectivity index (χ0n) is 62.4. The number of unbranched alkanes of at least 4 members (excludes halogenated alkanes) is 51. The summed E-state index contributed by atoms with van der Waals surface area (Å²) in [4.78, 5) is 37.7. The maximum atomic E-state index is 13.0. The Hall–Kier alpha value is -3.01. The summed E-state index contributed by atoms with van der Waals surface area (Å²) in [5.74, 6) is -1.97. The van der Waals surface area contributed by atoms with Crippen LogP contribution in [0.5, 0.6) is 0 Å². The van der Waals surface area contributed by atoms with Gasteiger partial charge in [-0.05, 0) is 57.8 Å². The minimum atomic E-state index is -1.51. The van der Waals surface area contributed by atoms with Crippen molar-refractivity contribution in [1.82, 2.24) is 0 Å². The molecule has 2 atom stereocenters. The molecular formula is C84H156NO8+. The average molecular weight is 1310 g/mol. The fraction of sp³-hybridized carbons (Fsp3) is 0.845. The molecule has 0 aliphatic rings. The number of carboxylic acids is 1. The third-order valence-corrected chi connectivity index (χ3v) is 18.3. The van der Waals surface area contributed by atoms with Crippen molar-refractivity contribution >= 4 is 17.9 Å². The molecule has 0 aromatic rings. The molecule has 0 bridgehead atoms. The topological polar surface area (TPSA) is 108 Å². The molecule has 0 amide bonds. The summed E-state index contributed by atoms with van der Waals surface area (Å²) in [6.07, 6.45) is 96.7. The van der Waals surface area contributed by atoms with E-state index in [1.807, 2.05) is 21.1 Å². The van der Waals surface area contributed by atoms with Gasteiger partial charge in [0.05, 0.1) is 34.4 Å². The third-order valence-electron chi connectivity index (χ3n) is 18.3. The number of rotatable bonds is 76. The first-order valence-corrected chi connectivity index (χ1v) is 40.5. The van der Waals surface area contributed by atoms with Crippen molar-refractivity contribution in [2.75, 3.05) is 47.5 Å². The van der Waals surface area contributed by atoms with Crippen LogP contribution in [0.3, 0.4) is 0 Å². The summed E-state index contributed by atoms with van der Waals surface area (Å²) < 4.78 is 23.1. The van der Waals surface area contributed by atoms with Gasteiger partial charge >= 0.3 is 17.9 Å². The molecule has 0 radical (unpaired) electrons. The van der Waals surface area contributed by atoms with Gasteiger partial charge in [0.25, 0.3) is 6.29 Å². The molecule has 0 fully saturated rings. The van der Waals surface area contributed by atoms with Gasteiger partial charge in [0.15, 0.2) is 6.10 Å². The predicted molar refractivity (Wildman–Crippen MR) is 401 cm³/mol. The van der Waals surface area contributed by atoms with Crippen LogP contribution in [0, 0.1) is 0 Å². The summed E-state index contributed by atoms with van der Waals surface area (Å²) >= 11 is 0. The molecule has 0 saturated heterocycles. The molecule has 0 aliphatic heterocycles. The lowest BCUT2D eigenvalue weighted by molar-refractivity contribution is -0.870. The molecule has 544 valence electrons. The predicted octanol–water partition coefficient (Wildman–Crippen LogP) is 25.8. The van der Waals surface area contributed by atoms with Crippen LogP contribution in [-0.4, -0.2) is 87.4 Å². The SMILES string of the molecule is CC/C=C\C/C=C\C/C=C\C/C=C\C/C=C\CCCCCCCCCCCCCCCCCCCCCCCCCCCC(=O)OC(COC(=O)CCCCCCCCCCCCCCCCCCCCCCCCCCCCC)COC(OCC[N+](C)(C)C)C(=O)O. The number of allylic oxidation sites excluding steroid dienone is 10. The van der Waals surface area contributed by atoms with Crippen molar-refractivity contribution in [1.29, 1.82) is 0 Å². The zero-order chi connectivity index (χ0) is 67.5. The number of hydrogen-bond acceptors (Lipinski definition) is 7. The van der Waals surface area contributed by atoms with E-state index in [9.17, 15) is 19.5 Å².